The number of ether oxygens (including phenoxy) is 1. The van der Waals surface area contributed by atoms with Gasteiger partial charge in [-0.25, -0.2) is 4.90 Å². The van der Waals surface area contributed by atoms with Crippen LogP contribution in [-0.2, 0) is 14.3 Å². The zero-order valence-corrected chi connectivity index (χ0v) is 13.6. The summed E-state index contributed by atoms with van der Waals surface area (Å²) in [4.78, 5) is 37.2. The predicted octanol–water partition coefficient (Wildman–Crippen LogP) is 2.47. The van der Waals surface area contributed by atoms with Gasteiger partial charge in [-0.1, -0.05) is 23.8 Å². The van der Waals surface area contributed by atoms with Crippen LogP contribution in [0.1, 0.15) is 13.8 Å². The monoisotopic (exact) mass is 348 g/mol. The second-order valence-corrected chi connectivity index (χ2v) is 7.07. The van der Waals surface area contributed by atoms with Crippen molar-refractivity contribution in [2.75, 3.05) is 4.90 Å². The lowest BCUT2D eigenvalue weighted by Gasteiger charge is -2.25. The quantitative estimate of drug-likeness (QED) is 0.354. The van der Waals surface area contributed by atoms with E-state index in [1.165, 1.54) is 12.1 Å². The van der Waals surface area contributed by atoms with E-state index in [1.54, 1.807) is 26.0 Å². The van der Waals surface area contributed by atoms with Crippen molar-refractivity contribution in [2.45, 2.75) is 25.0 Å². The highest BCUT2D eigenvalue weighted by Crippen LogP contribution is 2.57. The van der Waals surface area contributed by atoms with Gasteiger partial charge in [-0.3, -0.25) is 19.7 Å². The molecule has 3 heterocycles. The number of nitrogens with zero attached hydrogens (tertiary/aromatic N) is 2. The van der Waals surface area contributed by atoms with Gasteiger partial charge in [-0.05, 0) is 19.9 Å². The van der Waals surface area contributed by atoms with Crippen LogP contribution in [0, 0.1) is 22.0 Å². The van der Waals surface area contributed by atoms with Gasteiger partial charge in [0.25, 0.3) is 5.69 Å². The summed E-state index contributed by atoms with van der Waals surface area (Å²) in [5.41, 5.74) is -1.90. The van der Waals surface area contributed by atoms with Crippen molar-refractivity contribution in [3.63, 3.8) is 0 Å². The lowest BCUT2D eigenvalue weighted by atomic mass is 9.73. The number of non-ortho nitro benzene ring substituents is 1. The second-order valence-electron chi connectivity index (χ2n) is 6.66. The Morgan fingerprint density at radius 1 is 1.17 bits per heavy atom. The average Bonchev–Trinajstić information content (AvgIpc) is 3.05. The molecule has 0 aromatic heterocycles. The molecular weight excluding hydrogens is 336 g/mol. The first-order valence-electron chi connectivity index (χ1n) is 7.40. The lowest BCUT2D eigenvalue weighted by molar-refractivity contribution is -0.384. The third kappa shape index (κ3) is 1.71. The first-order valence-corrected chi connectivity index (χ1v) is 7.78. The Balaban J connectivity index is 1.83. The fourth-order valence-electron chi connectivity index (χ4n) is 4.05. The minimum Gasteiger partial charge on any atom is -0.359 e. The Morgan fingerprint density at radius 2 is 1.71 bits per heavy atom. The number of nitro benzene ring substituents is 1. The Labute approximate surface area is 142 Å². The van der Waals surface area contributed by atoms with Crippen LogP contribution >= 0.6 is 11.6 Å². The SMILES string of the molecule is C[C@]12C=C[C@](C)(O1)[C@@H]1C(=O)N(c3cc([N+](=O)[O-])ccc3Cl)C(=O)[C@H]12. The number of imide groups is 1. The average molecular weight is 349 g/mol. The van der Waals surface area contributed by atoms with E-state index >= 15 is 0 Å². The highest BCUT2D eigenvalue weighted by atomic mass is 35.5. The van der Waals surface area contributed by atoms with Gasteiger partial charge in [0.05, 0.1) is 38.7 Å². The largest absolute Gasteiger partial charge is 0.359 e. The Morgan fingerprint density at radius 3 is 2.21 bits per heavy atom. The van der Waals surface area contributed by atoms with Crippen molar-refractivity contribution < 1.29 is 19.2 Å². The summed E-state index contributed by atoms with van der Waals surface area (Å²) >= 11 is 6.11. The van der Waals surface area contributed by atoms with Gasteiger partial charge in [0, 0.05) is 12.1 Å². The van der Waals surface area contributed by atoms with Gasteiger partial charge in [0.1, 0.15) is 0 Å². The third-order valence-electron chi connectivity index (χ3n) is 5.11. The summed E-state index contributed by atoms with van der Waals surface area (Å²) in [7, 11) is 0. The number of hydrogen-bond donors (Lipinski definition) is 0. The topological polar surface area (TPSA) is 89.8 Å². The molecule has 0 aliphatic carbocycles. The van der Waals surface area contributed by atoms with Crippen LogP contribution in [0.3, 0.4) is 0 Å². The summed E-state index contributed by atoms with van der Waals surface area (Å²) in [5, 5.41) is 11.1. The van der Waals surface area contributed by atoms with Crippen LogP contribution in [0.5, 0.6) is 0 Å². The van der Waals surface area contributed by atoms with Crippen molar-refractivity contribution in [2.24, 2.45) is 11.8 Å². The number of amides is 2. The summed E-state index contributed by atoms with van der Waals surface area (Å²) in [6.45, 7) is 3.53. The molecule has 2 saturated heterocycles. The number of carbonyl (C=O) groups is 2. The summed E-state index contributed by atoms with van der Waals surface area (Å²) < 4.78 is 5.91. The highest BCUT2D eigenvalue weighted by Gasteiger charge is 2.70. The number of benzene rings is 1. The maximum absolute atomic E-state index is 12.9. The predicted molar refractivity (Wildman–Crippen MR) is 84.6 cm³/mol. The van der Waals surface area contributed by atoms with Gasteiger partial charge < -0.3 is 4.74 Å². The van der Waals surface area contributed by atoms with Crippen molar-refractivity contribution in [1.29, 1.82) is 0 Å². The first-order chi connectivity index (χ1) is 11.2. The normalized spacial score (nSPS) is 36.5. The molecule has 2 bridgehead atoms. The van der Waals surface area contributed by atoms with Crippen molar-refractivity contribution in [3.05, 3.63) is 45.5 Å². The number of nitro groups is 1. The number of halogens is 1. The van der Waals surface area contributed by atoms with Crippen LogP contribution in [0.15, 0.2) is 30.4 Å². The first kappa shape index (κ1) is 15.3. The zero-order chi connectivity index (χ0) is 17.4. The molecule has 0 spiro atoms. The highest BCUT2D eigenvalue weighted by molar-refractivity contribution is 6.36. The fraction of sp³-hybridized carbons (Fsp3) is 0.375. The molecule has 24 heavy (non-hydrogen) atoms. The van der Waals surface area contributed by atoms with Crippen LogP contribution in [-0.4, -0.2) is 27.9 Å². The Bertz CT molecular complexity index is 817. The van der Waals surface area contributed by atoms with E-state index in [2.05, 4.69) is 0 Å². The van der Waals surface area contributed by atoms with Crippen LogP contribution in [0.4, 0.5) is 11.4 Å². The molecule has 7 nitrogen and oxygen atoms in total. The van der Waals surface area contributed by atoms with E-state index in [4.69, 9.17) is 16.3 Å². The van der Waals surface area contributed by atoms with Crippen LogP contribution < -0.4 is 4.90 Å². The third-order valence-corrected chi connectivity index (χ3v) is 5.43. The van der Waals surface area contributed by atoms with E-state index in [0.717, 1.165) is 11.0 Å². The number of anilines is 1. The fourth-order valence-corrected chi connectivity index (χ4v) is 4.26. The molecule has 0 unspecified atom stereocenters. The molecule has 0 saturated carbocycles. The van der Waals surface area contributed by atoms with Crippen molar-refractivity contribution in [1.82, 2.24) is 0 Å². The standard InChI is InChI=1S/C16H13ClN2O5/c1-15-5-6-16(2,24-15)12-11(15)13(20)18(14(12)21)10-7-8(19(22)23)3-4-9(10)17/h3-7,11-12H,1-2H3/t11-,12-,15-,16+/m0/s1. The molecule has 8 heteroatoms. The lowest BCUT2D eigenvalue weighted by Crippen LogP contribution is -2.39. The maximum Gasteiger partial charge on any atom is 0.271 e. The minimum atomic E-state index is -0.853. The molecule has 0 radical (unpaired) electrons. The van der Waals surface area contributed by atoms with Gasteiger partial charge in [-0.2, -0.15) is 0 Å². The van der Waals surface area contributed by atoms with Gasteiger partial charge in [-0.15, -0.1) is 0 Å². The van der Waals surface area contributed by atoms with Crippen molar-refractivity contribution in [3.8, 4) is 0 Å². The molecule has 3 aliphatic rings. The van der Waals surface area contributed by atoms with Crippen molar-refractivity contribution >= 4 is 34.8 Å². The molecule has 0 N–H and O–H groups in total. The van der Waals surface area contributed by atoms with Crippen LogP contribution in [0.25, 0.3) is 0 Å². The van der Waals surface area contributed by atoms with E-state index < -0.39 is 39.8 Å². The van der Waals surface area contributed by atoms with Crippen LogP contribution in [0.2, 0.25) is 5.02 Å². The Hall–Kier alpha value is -2.25. The molecule has 4 atom stereocenters. The zero-order valence-electron chi connectivity index (χ0n) is 12.9. The molecule has 124 valence electrons. The summed E-state index contributed by atoms with van der Waals surface area (Å²) in [6.07, 6.45) is 3.61. The molecule has 1 aromatic rings. The number of carbonyl (C=O) groups excluding carboxylic acids is 2. The molecule has 3 aliphatic heterocycles. The number of rotatable bonds is 2. The molecule has 2 fully saturated rings. The van der Waals surface area contributed by atoms with Gasteiger partial charge in [0.15, 0.2) is 0 Å². The minimum absolute atomic E-state index is 0.0434. The smallest absolute Gasteiger partial charge is 0.271 e. The van der Waals surface area contributed by atoms with Gasteiger partial charge >= 0.3 is 0 Å². The van der Waals surface area contributed by atoms with Gasteiger partial charge in [0.2, 0.25) is 11.8 Å². The van der Waals surface area contributed by atoms with E-state index in [1.807, 2.05) is 0 Å². The second kappa shape index (κ2) is 4.43. The maximum atomic E-state index is 12.9. The Kier molecular flexibility index (Phi) is 2.82. The summed E-state index contributed by atoms with van der Waals surface area (Å²) in [5.74, 6) is -2.20. The number of fused-ring (bicyclic) bond motifs is 5. The molecule has 2 amide bonds. The van der Waals surface area contributed by atoms with E-state index in [0.29, 0.717) is 0 Å². The molecule has 1 aromatic carbocycles. The molecular formula is C16H13ClN2O5. The van der Waals surface area contributed by atoms with E-state index in [9.17, 15) is 19.7 Å². The summed E-state index contributed by atoms with van der Waals surface area (Å²) in [6, 6.07) is 3.70. The van der Waals surface area contributed by atoms with E-state index in [-0.39, 0.29) is 16.4 Å². The molecule has 4 rings (SSSR count). The number of hydrogen-bond acceptors (Lipinski definition) is 5.